The second-order valence-corrected chi connectivity index (χ2v) is 5.04. The minimum Gasteiger partial charge on any atom is -0.453 e. The molecule has 21 heavy (non-hydrogen) atoms. The number of anilines is 1. The van der Waals surface area contributed by atoms with Gasteiger partial charge in [0.1, 0.15) is 5.52 Å². The molecule has 0 saturated carbocycles. The largest absolute Gasteiger partial charge is 0.453 e. The minimum absolute atomic E-state index is 0.0797. The van der Waals surface area contributed by atoms with Crippen molar-refractivity contribution in [3.63, 3.8) is 0 Å². The number of benzene rings is 2. The summed E-state index contributed by atoms with van der Waals surface area (Å²) in [4.78, 5) is 19.2. The lowest BCUT2D eigenvalue weighted by Gasteiger charge is -2.28. The molecule has 0 spiro atoms. The van der Waals surface area contributed by atoms with E-state index in [1.807, 2.05) is 41.3 Å². The molecule has 0 N–H and O–H groups in total. The fourth-order valence-corrected chi connectivity index (χ4v) is 2.66. The first kappa shape index (κ1) is 12.3. The molecule has 1 aromatic rings. The Bertz CT molecular complexity index is 821. The van der Waals surface area contributed by atoms with Crippen LogP contribution in [0.25, 0.3) is 22.6 Å². The zero-order valence-corrected chi connectivity index (χ0v) is 11.4. The minimum atomic E-state index is -0.0797. The van der Waals surface area contributed by atoms with Crippen molar-refractivity contribution in [3.8, 4) is 11.5 Å². The van der Waals surface area contributed by atoms with Gasteiger partial charge in [0.15, 0.2) is 17.0 Å². The molecule has 1 aliphatic carbocycles. The Hall–Kier alpha value is -2.40. The molecule has 2 aliphatic heterocycles. The first-order valence-corrected chi connectivity index (χ1v) is 6.98. The molecular formula is C16H14N2O3. The second kappa shape index (κ2) is 4.86. The van der Waals surface area contributed by atoms with E-state index in [4.69, 9.17) is 9.15 Å². The SMILES string of the molecule is O=c1c(N2CCOCC2)ccc2oc3ccccc3nc1-2. The van der Waals surface area contributed by atoms with E-state index >= 15 is 0 Å². The number of para-hydroxylation sites is 2. The predicted octanol–water partition coefficient (Wildman–Crippen LogP) is 2.13. The monoisotopic (exact) mass is 282 g/mol. The lowest BCUT2D eigenvalue weighted by Crippen LogP contribution is -2.39. The predicted molar refractivity (Wildman–Crippen MR) is 79.9 cm³/mol. The van der Waals surface area contributed by atoms with Gasteiger partial charge in [-0.15, -0.1) is 0 Å². The molecule has 0 bridgehead atoms. The maximum atomic E-state index is 12.7. The Morgan fingerprint density at radius 3 is 2.71 bits per heavy atom. The van der Waals surface area contributed by atoms with E-state index in [2.05, 4.69) is 4.98 Å². The van der Waals surface area contributed by atoms with Crippen molar-refractivity contribution < 1.29 is 9.15 Å². The number of nitrogens with zero attached hydrogens (tertiary/aromatic N) is 2. The van der Waals surface area contributed by atoms with Crippen LogP contribution in [0.1, 0.15) is 0 Å². The van der Waals surface area contributed by atoms with Crippen LogP contribution in [0.15, 0.2) is 45.6 Å². The van der Waals surface area contributed by atoms with Crippen LogP contribution in [0.2, 0.25) is 0 Å². The summed E-state index contributed by atoms with van der Waals surface area (Å²) in [5, 5.41) is 0. The standard InChI is InChI=1S/C16H14N2O3/c19-16-12(18-7-9-20-10-8-18)5-6-14-15(16)17-11-3-1-2-4-13(11)21-14/h1-6H,7-10H2. The zero-order valence-electron chi connectivity index (χ0n) is 11.4. The van der Waals surface area contributed by atoms with Crippen LogP contribution >= 0.6 is 0 Å². The Kier molecular flexibility index (Phi) is 2.86. The quantitative estimate of drug-likeness (QED) is 0.640. The fourth-order valence-electron chi connectivity index (χ4n) is 2.66. The number of ether oxygens (including phenoxy) is 1. The maximum Gasteiger partial charge on any atom is 0.231 e. The summed E-state index contributed by atoms with van der Waals surface area (Å²) in [6.45, 7) is 2.75. The van der Waals surface area contributed by atoms with E-state index in [1.165, 1.54) is 0 Å². The molecule has 1 saturated heterocycles. The number of hydrogen-bond acceptors (Lipinski definition) is 5. The molecule has 5 nitrogen and oxygen atoms in total. The molecule has 0 aromatic heterocycles. The number of morpholine rings is 1. The van der Waals surface area contributed by atoms with E-state index in [-0.39, 0.29) is 5.43 Å². The third-order valence-corrected chi connectivity index (χ3v) is 3.74. The highest BCUT2D eigenvalue weighted by Gasteiger charge is 2.20. The molecule has 1 fully saturated rings. The first-order chi connectivity index (χ1) is 10.3. The fraction of sp³-hybridized carbons (Fsp3) is 0.250. The molecule has 3 aliphatic rings. The highest BCUT2D eigenvalue weighted by molar-refractivity contribution is 5.77. The molecule has 106 valence electrons. The number of aromatic nitrogens is 1. The highest BCUT2D eigenvalue weighted by Crippen LogP contribution is 2.25. The van der Waals surface area contributed by atoms with Gasteiger partial charge >= 0.3 is 0 Å². The van der Waals surface area contributed by atoms with E-state index in [0.717, 1.165) is 13.1 Å². The summed E-state index contributed by atoms with van der Waals surface area (Å²) in [6, 6.07) is 11.1. The first-order valence-electron chi connectivity index (χ1n) is 6.98. The Balaban J connectivity index is 1.91. The lowest BCUT2D eigenvalue weighted by molar-refractivity contribution is 0.122. The van der Waals surface area contributed by atoms with Crippen molar-refractivity contribution in [3.05, 3.63) is 46.6 Å². The van der Waals surface area contributed by atoms with E-state index in [0.29, 0.717) is 41.5 Å². The Morgan fingerprint density at radius 1 is 1.05 bits per heavy atom. The van der Waals surface area contributed by atoms with Crippen LogP contribution in [0.3, 0.4) is 0 Å². The Morgan fingerprint density at radius 2 is 1.86 bits per heavy atom. The van der Waals surface area contributed by atoms with Crippen LogP contribution in [0.5, 0.6) is 0 Å². The van der Waals surface area contributed by atoms with Gasteiger partial charge in [-0.2, -0.15) is 0 Å². The third kappa shape index (κ3) is 2.06. The highest BCUT2D eigenvalue weighted by atomic mass is 16.5. The molecule has 1 aromatic carbocycles. The number of hydrogen-bond donors (Lipinski definition) is 0. The van der Waals surface area contributed by atoms with Gasteiger partial charge in [-0.3, -0.25) is 4.79 Å². The van der Waals surface area contributed by atoms with Crippen molar-refractivity contribution in [2.24, 2.45) is 0 Å². The normalized spacial score (nSPS) is 15.7. The van der Waals surface area contributed by atoms with Crippen LogP contribution < -0.4 is 10.3 Å². The molecule has 0 atom stereocenters. The average Bonchev–Trinajstić information content (AvgIpc) is 2.55. The summed E-state index contributed by atoms with van der Waals surface area (Å²) >= 11 is 0. The van der Waals surface area contributed by atoms with E-state index in [9.17, 15) is 4.79 Å². The zero-order chi connectivity index (χ0) is 14.2. The number of rotatable bonds is 1. The van der Waals surface area contributed by atoms with Crippen LogP contribution in [-0.2, 0) is 4.74 Å². The summed E-state index contributed by atoms with van der Waals surface area (Å²) < 4.78 is 11.1. The third-order valence-electron chi connectivity index (χ3n) is 3.74. The van der Waals surface area contributed by atoms with Gasteiger partial charge in [-0.05, 0) is 24.3 Å². The van der Waals surface area contributed by atoms with Gasteiger partial charge in [0.25, 0.3) is 0 Å². The van der Waals surface area contributed by atoms with Crippen molar-refractivity contribution in [2.45, 2.75) is 0 Å². The van der Waals surface area contributed by atoms with Crippen LogP contribution in [0.4, 0.5) is 5.69 Å². The van der Waals surface area contributed by atoms with Gasteiger partial charge in [0, 0.05) is 13.1 Å². The summed E-state index contributed by atoms with van der Waals surface area (Å²) in [5.74, 6) is 0.524. The Labute approximate surface area is 121 Å². The van der Waals surface area contributed by atoms with Crippen LogP contribution in [0, 0.1) is 0 Å². The van der Waals surface area contributed by atoms with Crippen molar-refractivity contribution in [2.75, 3.05) is 31.2 Å². The smallest absolute Gasteiger partial charge is 0.231 e. The van der Waals surface area contributed by atoms with Gasteiger partial charge in [-0.25, -0.2) is 4.98 Å². The lowest BCUT2D eigenvalue weighted by atomic mass is 10.1. The molecule has 5 heteroatoms. The molecular weight excluding hydrogens is 268 g/mol. The maximum absolute atomic E-state index is 12.7. The molecule has 0 amide bonds. The molecule has 2 heterocycles. The van der Waals surface area contributed by atoms with E-state index in [1.54, 1.807) is 0 Å². The van der Waals surface area contributed by atoms with Gasteiger partial charge in [0.2, 0.25) is 5.43 Å². The van der Waals surface area contributed by atoms with Gasteiger partial charge in [0.05, 0.1) is 18.9 Å². The number of fused-ring (bicyclic) bond motifs is 2. The summed E-state index contributed by atoms with van der Waals surface area (Å²) in [7, 11) is 0. The molecule has 0 radical (unpaired) electrons. The van der Waals surface area contributed by atoms with Crippen LogP contribution in [-0.4, -0.2) is 31.3 Å². The van der Waals surface area contributed by atoms with Crippen molar-refractivity contribution in [1.29, 1.82) is 0 Å². The van der Waals surface area contributed by atoms with E-state index < -0.39 is 0 Å². The van der Waals surface area contributed by atoms with Crippen molar-refractivity contribution in [1.82, 2.24) is 4.98 Å². The topological polar surface area (TPSA) is 55.6 Å². The van der Waals surface area contributed by atoms with Crippen molar-refractivity contribution >= 4 is 16.8 Å². The van der Waals surface area contributed by atoms with Gasteiger partial charge in [-0.1, -0.05) is 12.1 Å². The van der Waals surface area contributed by atoms with Gasteiger partial charge < -0.3 is 14.1 Å². The summed E-state index contributed by atoms with van der Waals surface area (Å²) in [6.07, 6.45) is 0. The summed E-state index contributed by atoms with van der Waals surface area (Å²) in [5.41, 5.74) is 2.36. The molecule has 4 rings (SSSR count). The average molecular weight is 282 g/mol. The molecule has 0 unspecified atom stereocenters. The second-order valence-electron chi connectivity index (χ2n) is 5.04.